The van der Waals surface area contributed by atoms with Gasteiger partial charge in [0.25, 0.3) is 0 Å². The number of thiocarbonyl (C=S) groups is 1. The van der Waals surface area contributed by atoms with Crippen molar-refractivity contribution in [3.63, 3.8) is 0 Å². The van der Waals surface area contributed by atoms with E-state index in [0.717, 1.165) is 41.3 Å². The lowest BCUT2D eigenvalue weighted by Gasteiger charge is -2.39. The van der Waals surface area contributed by atoms with Gasteiger partial charge < -0.3 is 24.4 Å². The van der Waals surface area contributed by atoms with Crippen LogP contribution < -0.4 is 19.5 Å². The lowest BCUT2D eigenvalue weighted by atomic mass is 9.88. The first-order valence-corrected chi connectivity index (χ1v) is 10.6. The van der Waals surface area contributed by atoms with Crippen LogP contribution in [0.5, 0.6) is 17.2 Å². The first-order chi connectivity index (χ1) is 15.1. The number of hydrogen-bond acceptors (Lipinski definition) is 4. The van der Waals surface area contributed by atoms with Crippen LogP contribution in [0.3, 0.4) is 0 Å². The molecule has 1 heterocycles. The number of para-hydroxylation sites is 1. The van der Waals surface area contributed by atoms with Crippen LogP contribution in [0, 0.1) is 0 Å². The number of methoxy groups -OCH3 is 3. The third-order valence-corrected chi connectivity index (χ3v) is 5.93. The molecule has 1 aliphatic heterocycles. The zero-order valence-corrected chi connectivity index (χ0v) is 18.7. The van der Waals surface area contributed by atoms with Gasteiger partial charge in [0.2, 0.25) is 0 Å². The Kier molecular flexibility index (Phi) is 6.28. The predicted molar refractivity (Wildman–Crippen MR) is 127 cm³/mol. The van der Waals surface area contributed by atoms with Gasteiger partial charge in [0.15, 0.2) is 16.6 Å². The molecule has 0 fully saturated rings. The van der Waals surface area contributed by atoms with Crippen LogP contribution in [0.15, 0.2) is 66.7 Å². The minimum absolute atomic E-state index is 0.0572. The van der Waals surface area contributed by atoms with E-state index >= 15 is 0 Å². The van der Waals surface area contributed by atoms with E-state index < -0.39 is 0 Å². The monoisotopic (exact) mass is 434 g/mol. The van der Waals surface area contributed by atoms with Gasteiger partial charge in [-0.1, -0.05) is 30.3 Å². The molecule has 3 aromatic rings. The highest BCUT2D eigenvalue weighted by Crippen LogP contribution is 2.41. The minimum atomic E-state index is -0.0572. The van der Waals surface area contributed by atoms with Crippen molar-refractivity contribution in [3.8, 4) is 17.2 Å². The van der Waals surface area contributed by atoms with Crippen LogP contribution in [0.1, 0.15) is 22.7 Å². The Morgan fingerprint density at radius 1 is 0.903 bits per heavy atom. The molecule has 1 aliphatic rings. The van der Waals surface area contributed by atoms with Crippen LogP contribution in [0.2, 0.25) is 0 Å². The molecule has 0 amide bonds. The summed E-state index contributed by atoms with van der Waals surface area (Å²) in [6.07, 6.45) is 0.860. The smallest absolute Gasteiger partial charge is 0.174 e. The van der Waals surface area contributed by atoms with Crippen molar-refractivity contribution in [1.29, 1.82) is 0 Å². The normalized spacial score (nSPS) is 15.1. The van der Waals surface area contributed by atoms with E-state index in [1.807, 2.05) is 42.5 Å². The molecule has 0 aliphatic carbocycles. The molecule has 1 atom stereocenters. The van der Waals surface area contributed by atoms with E-state index in [2.05, 4.69) is 34.5 Å². The summed E-state index contributed by atoms with van der Waals surface area (Å²) in [5.41, 5.74) is 4.49. The molecule has 1 N–H and O–H groups in total. The predicted octanol–water partition coefficient (Wildman–Crippen LogP) is 5.06. The molecule has 0 aromatic heterocycles. The van der Waals surface area contributed by atoms with Crippen LogP contribution in [-0.2, 0) is 6.42 Å². The number of ether oxygens (including phenoxy) is 3. The summed E-state index contributed by atoms with van der Waals surface area (Å²) >= 11 is 5.85. The number of hydrogen-bond donors (Lipinski definition) is 1. The fourth-order valence-electron chi connectivity index (χ4n) is 4.03. The van der Waals surface area contributed by atoms with Crippen molar-refractivity contribution in [2.45, 2.75) is 12.5 Å². The first kappa shape index (κ1) is 21.0. The standard InChI is InChI=1S/C25H26N2O3S/c1-28-20-11-9-17(10-12-20)24-21-16-23(30-3)22(29-2)15-18(21)13-14-27(24)25(31)26-19-7-5-4-6-8-19/h4-12,15-16,24H,13-14H2,1-3H3,(H,26,31)/t24-/m0/s1. The van der Waals surface area contributed by atoms with Gasteiger partial charge in [-0.15, -0.1) is 0 Å². The van der Waals surface area contributed by atoms with Crippen LogP contribution >= 0.6 is 12.2 Å². The summed E-state index contributed by atoms with van der Waals surface area (Å²) in [7, 11) is 5.00. The van der Waals surface area contributed by atoms with Crippen molar-refractivity contribution in [3.05, 3.63) is 83.4 Å². The quantitative estimate of drug-likeness (QED) is 0.567. The van der Waals surface area contributed by atoms with Gasteiger partial charge >= 0.3 is 0 Å². The molecule has 31 heavy (non-hydrogen) atoms. The SMILES string of the molecule is COc1ccc([C@H]2c3cc(OC)c(OC)cc3CCN2C(=S)Nc2ccccc2)cc1. The minimum Gasteiger partial charge on any atom is -0.497 e. The lowest BCUT2D eigenvalue weighted by Crippen LogP contribution is -2.42. The molecular weight excluding hydrogens is 408 g/mol. The molecule has 0 spiro atoms. The number of rotatable bonds is 5. The molecule has 4 rings (SSSR count). The zero-order chi connectivity index (χ0) is 21.8. The maximum absolute atomic E-state index is 5.85. The van der Waals surface area contributed by atoms with Crippen molar-refractivity contribution >= 4 is 23.0 Å². The Hall–Kier alpha value is -3.25. The zero-order valence-electron chi connectivity index (χ0n) is 17.9. The Balaban J connectivity index is 1.77. The van der Waals surface area contributed by atoms with Crippen molar-refractivity contribution < 1.29 is 14.2 Å². The molecule has 5 nitrogen and oxygen atoms in total. The van der Waals surface area contributed by atoms with Gasteiger partial charge in [0.1, 0.15) is 5.75 Å². The van der Waals surface area contributed by atoms with Crippen molar-refractivity contribution in [2.75, 3.05) is 33.2 Å². The highest BCUT2D eigenvalue weighted by Gasteiger charge is 2.32. The summed E-state index contributed by atoms with van der Waals surface area (Å²) in [6.45, 7) is 0.790. The maximum atomic E-state index is 5.85. The molecule has 0 radical (unpaired) electrons. The summed E-state index contributed by atoms with van der Waals surface area (Å²) in [4.78, 5) is 2.23. The molecule has 3 aromatic carbocycles. The Labute approximate surface area is 188 Å². The second-order valence-electron chi connectivity index (χ2n) is 7.32. The van der Waals surface area contributed by atoms with Crippen molar-refractivity contribution in [1.82, 2.24) is 4.90 Å². The maximum Gasteiger partial charge on any atom is 0.174 e. The van der Waals surface area contributed by atoms with Crippen LogP contribution in [0.4, 0.5) is 5.69 Å². The summed E-state index contributed by atoms with van der Waals surface area (Å²) in [6, 6.07) is 22.2. The van der Waals surface area contributed by atoms with E-state index in [1.54, 1.807) is 21.3 Å². The Morgan fingerprint density at radius 3 is 2.23 bits per heavy atom. The third kappa shape index (κ3) is 4.30. The molecule has 0 bridgehead atoms. The van der Waals surface area contributed by atoms with Gasteiger partial charge in [-0.2, -0.15) is 0 Å². The van der Waals surface area contributed by atoms with Gasteiger partial charge in [0, 0.05) is 12.2 Å². The fraction of sp³-hybridized carbons (Fsp3) is 0.240. The fourth-order valence-corrected chi connectivity index (χ4v) is 4.34. The average molecular weight is 435 g/mol. The molecule has 0 saturated heterocycles. The Morgan fingerprint density at radius 2 is 1.58 bits per heavy atom. The number of nitrogens with zero attached hydrogens (tertiary/aromatic N) is 1. The van der Waals surface area contributed by atoms with Gasteiger partial charge in [-0.05, 0) is 71.7 Å². The topological polar surface area (TPSA) is 43.0 Å². The van der Waals surface area contributed by atoms with E-state index in [0.29, 0.717) is 10.9 Å². The second kappa shape index (κ2) is 9.27. The number of nitrogens with one attached hydrogen (secondary N) is 1. The molecular formula is C25H26N2O3S. The average Bonchev–Trinajstić information content (AvgIpc) is 2.83. The van der Waals surface area contributed by atoms with E-state index in [9.17, 15) is 0 Å². The largest absolute Gasteiger partial charge is 0.497 e. The number of benzene rings is 3. The van der Waals surface area contributed by atoms with Crippen LogP contribution in [0.25, 0.3) is 0 Å². The van der Waals surface area contributed by atoms with Gasteiger partial charge in [0.05, 0.1) is 27.4 Å². The highest BCUT2D eigenvalue weighted by atomic mass is 32.1. The Bertz CT molecular complexity index is 1050. The number of anilines is 1. The molecule has 160 valence electrons. The summed E-state index contributed by atoms with van der Waals surface area (Å²) in [5.74, 6) is 2.28. The van der Waals surface area contributed by atoms with Crippen LogP contribution in [-0.4, -0.2) is 37.9 Å². The first-order valence-electron chi connectivity index (χ1n) is 10.2. The highest BCUT2D eigenvalue weighted by molar-refractivity contribution is 7.80. The third-order valence-electron chi connectivity index (χ3n) is 5.59. The van der Waals surface area contributed by atoms with Crippen molar-refractivity contribution in [2.24, 2.45) is 0 Å². The number of fused-ring (bicyclic) bond motifs is 1. The summed E-state index contributed by atoms with van der Waals surface area (Å²) in [5, 5.41) is 4.08. The molecule has 0 unspecified atom stereocenters. The van der Waals surface area contributed by atoms with E-state index in [1.165, 1.54) is 5.56 Å². The lowest BCUT2D eigenvalue weighted by molar-refractivity contribution is 0.330. The van der Waals surface area contributed by atoms with E-state index in [4.69, 9.17) is 26.4 Å². The van der Waals surface area contributed by atoms with Gasteiger partial charge in [-0.3, -0.25) is 0 Å². The molecule has 0 saturated carbocycles. The van der Waals surface area contributed by atoms with E-state index in [-0.39, 0.29) is 6.04 Å². The summed E-state index contributed by atoms with van der Waals surface area (Å²) < 4.78 is 16.5. The molecule has 6 heteroatoms. The van der Waals surface area contributed by atoms with Gasteiger partial charge in [-0.25, -0.2) is 0 Å². The second-order valence-corrected chi connectivity index (χ2v) is 7.71.